The Hall–Kier alpha value is -0.0800. The quantitative estimate of drug-likeness (QED) is 0.636. The fourth-order valence-corrected chi connectivity index (χ4v) is 2.30. The monoisotopic (exact) mass is 229 g/mol. The van der Waals surface area contributed by atoms with Crippen LogP contribution in [0, 0.1) is 11.8 Å². The summed E-state index contributed by atoms with van der Waals surface area (Å²) in [6, 6.07) is 0.806. The minimum Gasteiger partial charge on any atom is -0.395 e. The van der Waals surface area contributed by atoms with Crippen LogP contribution in [0.3, 0.4) is 0 Å². The van der Waals surface area contributed by atoms with Crippen molar-refractivity contribution in [2.45, 2.75) is 72.4 Å². The Labute approximate surface area is 102 Å². The highest BCUT2D eigenvalue weighted by Gasteiger charge is 2.21. The maximum Gasteiger partial charge on any atom is 0.0587 e. The Morgan fingerprint density at radius 2 is 1.56 bits per heavy atom. The van der Waals surface area contributed by atoms with Crippen LogP contribution in [0.5, 0.6) is 0 Å². The van der Waals surface area contributed by atoms with Crippen molar-refractivity contribution in [3.63, 3.8) is 0 Å². The summed E-state index contributed by atoms with van der Waals surface area (Å²) in [5.74, 6) is 1.25. The summed E-state index contributed by atoms with van der Waals surface area (Å²) in [5, 5.41) is 13.1. The second-order valence-electron chi connectivity index (χ2n) is 5.12. The van der Waals surface area contributed by atoms with Gasteiger partial charge in [-0.3, -0.25) is 0 Å². The minimum atomic E-state index is 0.254. The molecule has 2 N–H and O–H groups in total. The first-order valence-corrected chi connectivity index (χ1v) is 6.97. The molecule has 0 aliphatic heterocycles. The molecule has 2 nitrogen and oxygen atoms in total. The van der Waals surface area contributed by atoms with Gasteiger partial charge in [-0.15, -0.1) is 0 Å². The maximum absolute atomic E-state index is 9.42. The number of hydrogen-bond donors (Lipinski definition) is 2. The van der Waals surface area contributed by atoms with Gasteiger partial charge in [0.2, 0.25) is 0 Å². The van der Waals surface area contributed by atoms with Gasteiger partial charge in [-0.25, -0.2) is 0 Å². The predicted octanol–water partition coefficient (Wildman–Crippen LogP) is 3.20. The van der Waals surface area contributed by atoms with Gasteiger partial charge < -0.3 is 10.4 Å². The molecule has 0 aliphatic carbocycles. The van der Waals surface area contributed by atoms with Crippen LogP contribution in [0.4, 0.5) is 0 Å². The second-order valence-corrected chi connectivity index (χ2v) is 5.12. The van der Waals surface area contributed by atoms with Gasteiger partial charge in [0.25, 0.3) is 0 Å². The molecule has 0 bridgehead atoms. The van der Waals surface area contributed by atoms with Crippen molar-refractivity contribution >= 4 is 0 Å². The van der Waals surface area contributed by atoms with E-state index in [1.807, 2.05) is 0 Å². The minimum absolute atomic E-state index is 0.254. The second kappa shape index (κ2) is 9.00. The molecule has 2 heteroatoms. The molecule has 4 atom stereocenters. The number of aliphatic hydroxyl groups is 1. The number of aliphatic hydroxyl groups excluding tert-OH is 1. The maximum atomic E-state index is 9.42. The summed E-state index contributed by atoms with van der Waals surface area (Å²) in [7, 11) is 0. The van der Waals surface area contributed by atoms with Crippen LogP contribution in [0.2, 0.25) is 0 Å². The lowest BCUT2D eigenvalue weighted by Gasteiger charge is -2.31. The van der Waals surface area contributed by atoms with Gasteiger partial charge in [-0.1, -0.05) is 47.5 Å². The summed E-state index contributed by atoms with van der Waals surface area (Å²) in [6.07, 6.45) is 4.78. The zero-order valence-corrected chi connectivity index (χ0v) is 11.8. The molecule has 0 heterocycles. The van der Waals surface area contributed by atoms with E-state index >= 15 is 0 Å². The van der Waals surface area contributed by atoms with E-state index in [1.54, 1.807) is 0 Å². The first-order valence-electron chi connectivity index (χ1n) is 6.97. The third kappa shape index (κ3) is 5.31. The summed E-state index contributed by atoms with van der Waals surface area (Å²) < 4.78 is 0. The van der Waals surface area contributed by atoms with Crippen LogP contribution in [-0.4, -0.2) is 23.8 Å². The van der Waals surface area contributed by atoms with Gasteiger partial charge in [-0.2, -0.15) is 0 Å². The lowest BCUT2D eigenvalue weighted by atomic mass is 9.92. The van der Waals surface area contributed by atoms with Crippen molar-refractivity contribution in [3.8, 4) is 0 Å². The molecule has 0 spiro atoms. The Morgan fingerprint density at radius 3 is 1.94 bits per heavy atom. The van der Waals surface area contributed by atoms with E-state index < -0.39 is 0 Å². The smallest absolute Gasteiger partial charge is 0.0587 e. The Balaban J connectivity index is 4.26. The molecule has 0 radical (unpaired) electrons. The molecule has 0 aromatic rings. The van der Waals surface area contributed by atoms with Crippen molar-refractivity contribution in [2.75, 3.05) is 6.61 Å². The standard InChI is InChI=1S/C14H31NO/c1-6-9-12(5)13(8-3)15-14(10-16)11(4)7-2/h11-16H,6-10H2,1-5H3. The van der Waals surface area contributed by atoms with E-state index in [2.05, 4.69) is 39.9 Å². The number of nitrogens with one attached hydrogen (secondary N) is 1. The Bertz CT molecular complexity index is 161. The summed E-state index contributed by atoms with van der Waals surface area (Å²) in [5.41, 5.74) is 0. The molecular weight excluding hydrogens is 198 g/mol. The van der Waals surface area contributed by atoms with E-state index in [9.17, 15) is 5.11 Å². The topological polar surface area (TPSA) is 32.3 Å². The van der Waals surface area contributed by atoms with Crippen LogP contribution < -0.4 is 5.32 Å². The van der Waals surface area contributed by atoms with Crippen molar-refractivity contribution in [3.05, 3.63) is 0 Å². The first-order chi connectivity index (χ1) is 7.60. The first kappa shape index (κ1) is 15.9. The van der Waals surface area contributed by atoms with Gasteiger partial charge in [-0.05, 0) is 24.7 Å². The molecule has 16 heavy (non-hydrogen) atoms. The van der Waals surface area contributed by atoms with E-state index in [4.69, 9.17) is 0 Å². The van der Waals surface area contributed by atoms with Crippen LogP contribution in [-0.2, 0) is 0 Å². The number of rotatable bonds is 9. The predicted molar refractivity (Wildman–Crippen MR) is 71.6 cm³/mol. The summed E-state index contributed by atoms with van der Waals surface area (Å²) in [6.45, 7) is 11.4. The van der Waals surface area contributed by atoms with Gasteiger partial charge in [0.1, 0.15) is 0 Å². The van der Waals surface area contributed by atoms with E-state index in [1.165, 1.54) is 12.8 Å². The zero-order chi connectivity index (χ0) is 12.6. The largest absolute Gasteiger partial charge is 0.395 e. The van der Waals surface area contributed by atoms with E-state index in [0.29, 0.717) is 17.9 Å². The molecule has 0 aromatic heterocycles. The Kier molecular flexibility index (Phi) is 8.96. The molecule has 0 rings (SSSR count). The lowest BCUT2D eigenvalue weighted by molar-refractivity contribution is 0.174. The molecule has 0 saturated heterocycles. The van der Waals surface area contributed by atoms with Crippen LogP contribution in [0.25, 0.3) is 0 Å². The third-order valence-electron chi connectivity index (χ3n) is 3.83. The molecular formula is C14H31NO. The normalized spacial score (nSPS) is 19.1. The van der Waals surface area contributed by atoms with Crippen LogP contribution >= 0.6 is 0 Å². The van der Waals surface area contributed by atoms with E-state index in [0.717, 1.165) is 12.8 Å². The van der Waals surface area contributed by atoms with Crippen molar-refractivity contribution in [1.29, 1.82) is 0 Å². The molecule has 0 aliphatic rings. The molecule has 0 saturated carbocycles. The highest BCUT2D eigenvalue weighted by Crippen LogP contribution is 2.16. The van der Waals surface area contributed by atoms with Crippen molar-refractivity contribution < 1.29 is 5.11 Å². The third-order valence-corrected chi connectivity index (χ3v) is 3.83. The van der Waals surface area contributed by atoms with Crippen molar-refractivity contribution in [2.24, 2.45) is 11.8 Å². The van der Waals surface area contributed by atoms with Crippen molar-refractivity contribution in [1.82, 2.24) is 5.32 Å². The lowest BCUT2D eigenvalue weighted by Crippen LogP contribution is -2.46. The molecule has 0 aromatic carbocycles. The SMILES string of the molecule is CCCC(C)C(CC)NC(CO)C(C)CC. The highest BCUT2D eigenvalue weighted by atomic mass is 16.3. The average molecular weight is 229 g/mol. The fourth-order valence-electron chi connectivity index (χ4n) is 2.30. The average Bonchev–Trinajstić information content (AvgIpc) is 2.30. The zero-order valence-electron chi connectivity index (χ0n) is 11.8. The van der Waals surface area contributed by atoms with Crippen LogP contribution in [0.15, 0.2) is 0 Å². The van der Waals surface area contributed by atoms with Gasteiger partial charge in [0.15, 0.2) is 0 Å². The molecule has 4 unspecified atom stereocenters. The Morgan fingerprint density at radius 1 is 0.938 bits per heavy atom. The van der Waals surface area contributed by atoms with Crippen LogP contribution in [0.1, 0.15) is 60.3 Å². The summed E-state index contributed by atoms with van der Waals surface area (Å²) in [4.78, 5) is 0. The van der Waals surface area contributed by atoms with E-state index in [-0.39, 0.29) is 12.6 Å². The van der Waals surface area contributed by atoms with Gasteiger partial charge in [0, 0.05) is 12.1 Å². The van der Waals surface area contributed by atoms with Gasteiger partial charge >= 0.3 is 0 Å². The molecule has 98 valence electrons. The highest BCUT2D eigenvalue weighted by molar-refractivity contribution is 4.79. The molecule has 0 fully saturated rings. The number of hydrogen-bond acceptors (Lipinski definition) is 2. The van der Waals surface area contributed by atoms with Gasteiger partial charge in [0.05, 0.1) is 6.61 Å². The molecule has 0 amide bonds. The summed E-state index contributed by atoms with van der Waals surface area (Å²) >= 11 is 0. The fraction of sp³-hybridized carbons (Fsp3) is 1.00.